The molecule has 0 aliphatic carbocycles. The van der Waals surface area contributed by atoms with Crippen LogP contribution in [0.15, 0.2) is 18.3 Å². The molecule has 4 heteroatoms. The number of carbonyl (C=O) groups excluding carboxylic acids is 1. The summed E-state index contributed by atoms with van der Waals surface area (Å²) in [5.41, 5.74) is 12.1. The van der Waals surface area contributed by atoms with Crippen molar-refractivity contribution in [2.45, 2.75) is 13.0 Å². The van der Waals surface area contributed by atoms with Gasteiger partial charge in [0.15, 0.2) is 5.78 Å². The first-order valence-electron chi connectivity index (χ1n) is 3.58. The first-order valence-corrected chi connectivity index (χ1v) is 3.58. The third kappa shape index (κ3) is 1.79. The van der Waals surface area contributed by atoms with Crippen molar-refractivity contribution >= 4 is 11.5 Å². The van der Waals surface area contributed by atoms with Crippen LogP contribution in [-0.2, 0) is 4.79 Å². The Kier molecular flexibility index (Phi) is 2.40. The largest absolute Gasteiger partial charge is 0.397 e. The number of ketones is 1. The van der Waals surface area contributed by atoms with Crippen LogP contribution in [0.3, 0.4) is 0 Å². The Hall–Kier alpha value is -1.42. The Morgan fingerprint density at radius 1 is 1.58 bits per heavy atom. The molecule has 0 saturated heterocycles. The van der Waals surface area contributed by atoms with Gasteiger partial charge >= 0.3 is 0 Å². The highest BCUT2D eigenvalue weighted by Crippen LogP contribution is 2.09. The molecule has 0 saturated carbocycles. The fourth-order valence-electron chi connectivity index (χ4n) is 0.809. The Morgan fingerprint density at radius 3 is 2.67 bits per heavy atom. The average Bonchev–Trinajstić information content (AvgIpc) is 2.04. The van der Waals surface area contributed by atoms with E-state index in [1.807, 2.05) is 0 Å². The Bertz CT molecular complexity index is 281. The molecule has 0 amide bonds. The van der Waals surface area contributed by atoms with Crippen molar-refractivity contribution in [3.63, 3.8) is 0 Å². The lowest BCUT2D eigenvalue weighted by Gasteiger charge is -2.05. The predicted octanol–water partition coefficient (Wildman–Crippen LogP) is 0.253. The molecule has 64 valence electrons. The topological polar surface area (TPSA) is 82.0 Å². The zero-order chi connectivity index (χ0) is 9.14. The van der Waals surface area contributed by atoms with Gasteiger partial charge in [-0.2, -0.15) is 0 Å². The zero-order valence-corrected chi connectivity index (χ0v) is 6.82. The maximum absolute atomic E-state index is 10.8. The monoisotopic (exact) mass is 165 g/mol. The quantitative estimate of drug-likeness (QED) is 0.658. The van der Waals surface area contributed by atoms with Gasteiger partial charge in [0.05, 0.1) is 17.6 Å². The number of aromatic nitrogens is 1. The number of anilines is 1. The molecule has 1 unspecified atom stereocenters. The second-order valence-corrected chi connectivity index (χ2v) is 2.60. The third-order valence-electron chi connectivity index (χ3n) is 1.57. The van der Waals surface area contributed by atoms with Gasteiger partial charge in [-0.05, 0) is 19.1 Å². The summed E-state index contributed by atoms with van der Waals surface area (Å²) in [6, 6.07) is 2.69. The highest BCUT2D eigenvalue weighted by atomic mass is 16.1. The molecule has 0 aliphatic heterocycles. The van der Waals surface area contributed by atoms with Crippen molar-refractivity contribution in [1.82, 2.24) is 4.98 Å². The maximum Gasteiger partial charge on any atom is 0.152 e. The van der Waals surface area contributed by atoms with Crippen LogP contribution in [-0.4, -0.2) is 10.8 Å². The fourth-order valence-corrected chi connectivity index (χ4v) is 0.809. The highest BCUT2D eigenvalue weighted by molar-refractivity contribution is 5.82. The second kappa shape index (κ2) is 3.32. The van der Waals surface area contributed by atoms with Gasteiger partial charge < -0.3 is 11.5 Å². The van der Waals surface area contributed by atoms with Crippen LogP contribution >= 0.6 is 0 Å². The SMILES string of the molecule is CC(=O)C(N)c1ccc(N)cn1. The number of nitrogens with zero attached hydrogens (tertiary/aromatic N) is 1. The van der Waals surface area contributed by atoms with Crippen molar-refractivity contribution < 1.29 is 4.79 Å². The molecule has 4 N–H and O–H groups in total. The normalized spacial score (nSPS) is 12.5. The molecule has 0 aromatic carbocycles. The van der Waals surface area contributed by atoms with E-state index in [1.165, 1.54) is 13.1 Å². The van der Waals surface area contributed by atoms with Crippen LogP contribution in [0.25, 0.3) is 0 Å². The molecule has 1 atom stereocenters. The molecule has 0 aliphatic rings. The molecule has 0 fully saturated rings. The number of carbonyl (C=O) groups is 1. The van der Waals surface area contributed by atoms with E-state index in [9.17, 15) is 4.79 Å². The van der Waals surface area contributed by atoms with Gasteiger partial charge in [0, 0.05) is 0 Å². The summed E-state index contributed by atoms with van der Waals surface area (Å²) in [6.07, 6.45) is 1.48. The van der Waals surface area contributed by atoms with Crippen LogP contribution < -0.4 is 11.5 Å². The molecule has 0 spiro atoms. The van der Waals surface area contributed by atoms with E-state index in [-0.39, 0.29) is 5.78 Å². The van der Waals surface area contributed by atoms with E-state index in [4.69, 9.17) is 11.5 Å². The standard InChI is InChI=1S/C8H11N3O/c1-5(12)8(10)7-3-2-6(9)4-11-7/h2-4,8H,9-10H2,1H3. The number of Topliss-reactive ketones (excluding diaryl/α,β-unsaturated/α-hetero) is 1. The van der Waals surface area contributed by atoms with Gasteiger partial charge in [-0.1, -0.05) is 0 Å². The number of pyridine rings is 1. The molecular weight excluding hydrogens is 154 g/mol. The summed E-state index contributed by atoms with van der Waals surface area (Å²) < 4.78 is 0. The number of nitrogens with two attached hydrogens (primary N) is 2. The number of hydrogen-bond acceptors (Lipinski definition) is 4. The van der Waals surface area contributed by atoms with Crippen LogP contribution in [0.1, 0.15) is 18.7 Å². The minimum Gasteiger partial charge on any atom is -0.397 e. The molecule has 0 radical (unpaired) electrons. The number of hydrogen-bond donors (Lipinski definition) is 2. The van der Waals surface area contributed by atoms with E-state index >= 15 is 0 Å². The van der Waals surface area contributed by atoms with Crippen LogP contribution in [0.5, 0.6) is 0 Å². The van der Waals surface area contributed by atoms with Gasteiger partial charge in [-0.25, -0.2) is 0 Å². The minimum absolute atomic E-state index is 0.104. The van der Waals surface area contributed by atoms with Gasteiger partial charge in [0.2, 0.25) is 0 Å². The van der Waals surface area contributed by atoms with Crippen LogP contribution in [0.2, 0.25) is 0 Å². The van der Waals surface area contributed by atoms with Gasteiger partial charge in [-0.3, -0.25) is 9.78 Å². The summed E-state index contributed by atoms with van der Waals surface area (Å²) in [6.45, 7) is 1.43. The van der Waals surface area contributed by atoms with Crippen molar-refractivity contribution in [3.8, 4) is 0 Å². The molecule has 4 nitrogen and oxygen atoms in total. The lowest BCUT2D eigenvalue weighted by Crippen LogP contribution is -2.19. The molecule has 1 aromatic heterocycles. The minimum atomic E-state index is -0.634. The van der Waals surface area contributed by atoms with E-state index in [0.29, 0.717) is 11.4 Å². The molecule has 1 heterocycles. The van der Waals surface area contributed by atoms with E-state index < -0.39 is 6.04 Å². The zero-order valence-electron chi connectivity index (χ0n) is 6.82. The Morgan fingerprint density at radius 2 is 2.25 bits per heavy atom. The van der Waals surface area contributed by atoms with Gasteiger partial charge in [-0.15, -0.1) is 0 Å². The smallest absolute Gasteiger partial charge is 0.152 e. The van der Waals surface area contributed by atoms with Crippen molar-refractivity contribution in [2.24, 2.45) is 5.73 Å². The van der Waals surface area contributed by atoms with E-state index in [2.05, 4.69) is 4.98 Å². The lowest BCUT2D eigenvalue weighted by atomic mass is 10.1. The fraction of sp³-hybridized carbons (Fsp3) is 0.250. The van der Waals surface area contributed by atoms with E-state index in [1.54, 1.807) is 12.1 Å². The first-order chi connectivity index (χ1) is 5.61. The maximum atomic E-state index is 10.8. The number of rotatable bonds is 2. The Labute approximate surface area is 70.6 Å². The van der Waals surface area contributed by atoms with Crippen LogP contribution in [0.4, 0.5) is 5.69 Å². The molecule has 1 aromatic rings. The molecular formula is C8H11N3O. The number of nitrogen functional groups attached to an aromatic ring is 1. The third-order valence-corrected chi connectivity index (χ3v) is 1.57. The predicted molar refractivity (Wildman–Crippen MR) is 46.3 cm³/mol. The summed E-state index contributed by atoms with van der Waals surface area (Å²) in [5, 5.41) is 0. The molecule has 0 bridgehead atoms. The average molecular weight is 165 g/mol. The first kappa shape index (κ1) is 8.67. The molecule has 1 rings (SSSR count). The van der Waals surface area contributed by atoms with Crippen molar-refractivity contribution in [2.75, 3.05) is 5.73 Å². The highest BCUT2D eigenvalue weighted by Gasteiger charge is 2.11. The molecule has 12 heavy (non-hydrogen) atoms. The Balaban J connectivity index is 2.89. The summed E-state index contributed by atoms with van der Waals surface area (Å²) >= 11 is 0. The van der Waals surface area contributed by atoms with Crippen LogP contribution in [0, 0.1) is 0 Å². The van der Waals surface area contributed by atoms with Gasteiger partial charge in [0.25, 0.3) is 0 Å². The second-order valence-electron chi connectivity index (χ2n) is 2.60. The van der Waals surface area contributed by atoms with Gasteiger partial charge in [0.1, 0.15) is 6.04 Å². The van der Waals surface area contributed by atoms with E-state index in [0.717, 1.165) is 0 Å². The lowest BCUT2D eigenvalue weighted by molar-refractivity contribution is -0.118. The van der Waals surface area contributed by atoms with Crippen molar-refractivity contribution in [1.29, 1.82) is 0 Å². The summed E-state index contributed by atoms with van der Waals surface area (Å²) in [7, 11) is 0. The van der Waals surface area contributed by atoms with Crippen molar-refractivity contribution in [3.05, 3.63) is 24.0 Å². The summed E-state index contributed by atoms with van der Waals surface area (Å²) in [4.78, 5) is 14.8. The summed E-state index contributed by atoms with van der Waals surface area (Å²) in [5.74, 6) is -0.104.